The molecule has 11 aromatic rings. The lowest BCUT2D eigenvalue weighted by atomic mass is 9.66. The van der Waals surface area contributed by atoms with Gasteiger partial charge in [-0.05, 0) is 95.4 Å². The highest BCUT2D eigenvalue weighted by molar-refractivity contribution is 6.08. The van der Waals surface area contributed by atoms with Crippen LogP contribution in [0.1, 0.15) is 22.3 Å². The van der Waals surface area contributed by atoms with E-state index in [1.807, 2.05) is 0 Å². The SMILES string of the molecule is c1ccc(-c2ccc(-c3nc(-c4ccc5ccc6ccccc6c5c4)nc(-c4cccc5c4C(c4ccccc4)(c4ccccc4)c4ccccc4-5)n3)c(-c3ccccc3)c2)cc1. The molecule has 0 unspecified atom stereocenters. The van der Waals surface area contributed by atoms with Crippen molar-refractivity contribution in [3.8, 4) is 67.5 Å². The van der Waals surface area contributed by atoms with Gasteiger partial charge in [0.15, 0.2) is 17.5 Å². The summed E-state index contributed by atoms with van der Waals surface area (Å²) < 4.78 is 0. The molecular weight excluding hydrogens is 763 g/mol. The molecule has 1 heterocycles. The van der Waals surface area contributed by atoms with Gasteiger partial charge in [-0.3, -0.25) is 0 Å². The quantitative estimate of drug-likeness (QED) is 0.151. The largest absolute Gasteiger partial charge is 0.208 e. The van der Waals surface area contributed by atoms with Crippen molar-refractivity contribution >= 4 is 21.5 Å². The molecule has 0 amide bonds. The molecule has 0 saturated carbocycles. The number of nitrogens with zero attached hydrogens (tertiary/aromatic N) is 3. The molecule has 1 aliphatic carbocycles. The topological polar surface area (TPSA) is 38.7 Å². The highest BCUT2D eigenvalue weighted by Crippen LogP contribution is 2.58. The van der Waals surface area contributed by atoms with Gasteiger partial charge < -0.3 is 0 Å². The molecule has 12 rings (SSSR count). The molecule has 0 aliphatic heterocycles. The van der Waals surface area contributed by atoms with Crippen LogP contribution in [0.5, 0.6) is 0 Å². The normalized spacial score (nSPS) is 12.6. The minimum atomic E-state index is -0.646. The average Bonchev–Trinajstić information content (AvgIpc) is 3.68. The van der Waals surface area contributed by atoms with E-state index in [0.29, 0.717) is 17.5 Å². The lowest BCUT2D eigenvalue weighted by Crippen LogP contribution is -2.29. The van der Waals surface area contributed by atoms with Crippen LogP contribution < -0.4 is 0 Å². The summed E-state index contributed by atoms with van der Waals surface area (Å²) in [6.45, 7) is 0. The van der Waals surface area contributed by atoms with E-state index in [1.54, 1.807) is 0 Å². The van der Waals surface area contributed by atoms with Crippen molar-refractivity contribution in [3.63, 3.8) is 0 Å². The number of hydrogen-bond acceptors (Lipinski definition) is 3. The van der Waals surface area contributed by atoms with E-state index in [2.05, 4.69) is 237 Å². The van der Waals surface area contributed by atoms with Crippen molar-refractivity contribution in [1.29, 1.82) is 0 Å². The van der Waals surface area contributed by atoms with Crippen molar-refractivity contribution in [3.05, 3.63) is 259 Å². The first-order valence-electron chi connectivity index (χ1n) is 21.5. The molecular formula is C60H39N3. The first-order valence-corrected chi connectivity index (χ1v) is 21.5. The summed E-state index contributed by atoms with van der Waals surface area (Å²) in [5.41, 5.74) is 13.8. The zero-order valence-corrected chi connectivity index (χ0v) is 34.4. The van der Waals surface area contributed by atoms with Crippen molar-refractivity contribution < 1.29 is 0 Å². The Morgan fingerprint density at radius 1 is 0.270 bits per heavy atom. The minimum Gasteiger partial charge on any atom is -0.208 e. The Hall–Kier alpha value is -8.27. The number of aromatic nitrogens is 3. The summed E-state index contributed by atoms with van der Waals surface area (Å²) in [6, 6.07) is 84.7. The molecule has 0 fully saturated rings. The van der Waals surface area contributed by atoms with Gasteiger partial charge in [0.25, 0.3) is 0 Å². The zero-order chi connectivity index (χ0) is 41.7. The predicted octanol–water partition coefficient (Wildman–Crippen LogP) is 14.9. The van der Waals surface area contributed by atoms with Crippen LogP contribution in [0.3, 0.4) is 0 Å². The van der Waals surface area contributed by atoms with Gasteiger partial charge in [0, 0.05) is 16.7 Å². The van der Waals surface area contributed by atoms with Crippen LogP contribution in [0.2, 0.25) is 0 Å². The molecule has 1 aromatic heterocycles. The second-order valence-electron chi connectivity index (χ2n) is 16.3. The van der Waals surface area contributed by atoms with Crippen LogP contribution in [0.4, 0.5) is 0 Å². The van der Waals surface area contributed by atoms with E-state index < -0.39 is 5.41 Å². The summed E-state index contributed by atoms with van der Waals surface area (Å²) in [5, 5.41) is 4.73. The monoisotopic (exact) mass is 801 g/mol. The molecule has 0 bridgehead atoms. The maximum Gasteiger partial charge on any atom is 0.164 e. The van der Waals surface area contributed by atoms with Gasteiger partial charge >= 0.3 is 0 Å². The van der Waals surface area contributed by atoms with Crippen LogP contribution >= 0.6 is 0 Å². The van der Waals surface area contributed by atoms with E-state index in [9.17, 15) is 0 Å². The fraction of sp³-hybridized carbons (Fsp3) is 0.0167. The molecule has 0 spiro atoms. The van der Waals surface area contributed by atoms with Crippen LogP contribution in [-0.2, 0) is 5.41 Å². The van der Waals surface area contributed by atoms with Crippen LogP contribution in [0, 0.1) is 0 Å². The number of benzene rings is 10. The molecule has 3 heteroatoms. The fourth-order valence-corrected chi connectivity index (χ4v) is 9.98. The van der Waals surface area contributed by atoms with Gasteiger partial charge in [0.05, 0.1) is 5.41 Å². The zero-order valence-electron chi connectivity index (χ0n) is 34.4. The van der Waals surface area contributed by atoms with E-state index in [0.717, 1.165) is 44.3 Å². The Morgan fingerprint density at radius 3 is 1.52 bits per heavy atom. The molecule has 3 nitrogen and oxygen atoms in total. The summed E-state index contributed by atoms with van der Waals surface area (Å²) in [5.74, 6) is 1.86. The average molecular weight is 802 g/mol. The molecule has 1 aliphatic rings. The van der Waals surface area contributed by atoms with Crippen LogP contribution in [0.15, 0.2) is 237 Å². The highest BCUT2D eigenvalue weighted by atomic mass is 15.0. The van der Waals surface area contributed by atoms with Gasteiger partial charge in [-0.25, -0.2) is 15.0 Å². The lowest BCUT2D eigenvalue weighted by Gasteiger charge is -2.35. The van der Waals surface area contributed by atoms with Crippen LogP contribution in [0.25, 0.3) is 89.1 Å². The predicted molar refractivity (Wildman–Crippen MR) is 259 cm³/mol. The van der Waals surface area contributed by atoms with E-state index in [4.69, 9.17) is 15.0 Å². The Bertz CT molecular complexity index is 3450. The highest BCUT2D eigenvalue weighted by Gasteiger charge is 2.48. The Morgan fingerprint density at radius 2 is 0.794 bits per heavy atom. The van der Waals surface area contributed by atoms with Crippen molar-refractivity contribution in [2.24, 2.45) is 0 Å². The summed E-state index contributed by atoms with van der Waals surface area (Å²) in [6.07, 6.45) is 0. The molecule has 0 radical (unpaired) electrons. The van der Waals surface area contributed by atoms with Gasteiger partial charge in [-0.2, -0.15) is 0 Å². The summed E-state index contributed by atoms with van der Waals surface area (Å²) in [4.78, 5) is 16.5. The fourth-order valence-electron chi connectivity index (χ4n) is 9.98. The Balaban J connectivity index is 1.17. The second-order valence-corrected chi connectivity index (χ2v) is 16.3. The standard InChI is InChI=1S/C60H39N3/c1-5-18-40(19-6-1)44-36-37-51(54(38-44)41-20-7-2-8-21-41)58-61-57(45-35-34-43-33-32-42-22-13-14-27-48(42)53(43)39-45)62-59(63-58)52-30-17-29-50-49-28-15-16-31-55(49)60(56(50)52,46-23-9-3-10-24-46)47-25-11-4-12-26-47/h1-39H. The third-order valence-electron chi connectivity index (χ3n) is 12.8. The maximum atomic E-state index is 5.57. The van der Waals surface area contributed by atoms with Crippen molar-refractivity contribution in [2.45, 2.75) is 5.41 Å². The second kappa shape index (κ2) is 15.0. The summed E-state index contributed by atoms with van der Waals surface area (Å²) in [7, 11) is 0. The number of hydrogen-bond donors (Lipinski definition) is 0. The van der Waals surface area contributed by atoms with Crippen molar-refractivity contribution in [1.82, 2.24) is 15.0 Å². The first-order chi connectivity index (χ1) is 31.2. The van der Waals surface area contributed by atoms with Gasteiger partial charge in [-0.1, -0.05) is 218 Å². The third-order valence-corrected chi connectivity index (χ3v) is 12.8. The van der Waals surface area contributed by atoms with Gasteiger partial charge in [0.2, 0.25) is 0 Å². The maximum absolute atomic E-state index is 5.57. The van der Waals surface area contributed by atoms with Crippen molar-refractivity contribution in [2.75, 3.05) is 0 Å². The smallest absolute Gasteiger partial charge is 0.164 e. The third kappa shape index (κ3) is 6.01. The molecule has 0 saturated heterocycles. The van der Waals surface area contributed by atoms with Gasteiger partial charge in [0.1, 0.15) is 0 Å². The van der Waals surface area contributed by atoms with E-state index in [1.165, 1.54) is 49.5 Å². The molecule has 0 N–H and O–H groups in total. The number of rotatable bonds is 7. The molecule has 63 heavy (non-hydrogen) atoms. The molecule has 294 valence electrons. The Kier molecular flexibility index (Phi) is 8.72. The van der Waals surface area contributed by atoms with E-state index >= 15 is 0 Å². The lowest BCUT2D eigenvalue weighted by molar-refractivity contribution is 0.769. The Labute approximate surface area is 366 Å². The van der Waals surface area contributed by atoms with Crippen LogP contribution in [-0.4, -0.2) is 15.0 Å². The summed E-state index contributed by atoms with van der Waals surface area (Å²) >= 11 is 0. The molecule has 0 atom stereocenters. The number of fused-ring (bicyclic) bond motifs is 6. The first kappa shape index (κ1) is 36.6. The molecule has 10 aromatic carbocycles. The van der Waals surface area contributed by atoms with Gasteiger partial charge in [-0.15, -0.1) is 0 Å². The van der Waals surface area contributed by atoms with E-state index in [-0.39, 0.29) is 0 Å². The minimum absolute atomic E-state index is 0.615.